The third-order valence-electron chi connectivity index (χ3n) is 2.18. The zero-order valence-corrected chi connectivity index (χ0v) is 12.7. The van der Waals surface area contributed by atoms with Crippen molar-refractivity contribution in [2.45, 2.75) is 0 Å². The maximum atomic E-state index is 11.6. The van der Waals surface area contributed by atoms with Crippen LogP contribution < -0.4 is 21.1 Å². The van der Waals surface area contributed by atoms with Gasteiger partial charge in [-0.05, 0) is 18.2 Å². The molecule has 1 aromatic rings. The molecule has 0 aliphatic rings. The molecule has 0 saturated carbocycles. The quantitative estimate of drug-likeness (QED) is 0.568. The number of nitrogens with one attached hydrogen (secondary N) is 3. The molecule has 0 saturated heterocycles. The molecule has 0 radical (unpaired) electrons. The van der Waals surface area contributed by atoms with E-state index in [4.69, 9.17) is 17.3 Å². The largest absolute Gasteiger partial charge is 0.346 e. The number of anilines is 2. The summed E-state index contributed by atoms with van der Waals surface area (Å²) in [5.41, 5.74) is 5.56. The summed E-state index contributed by atoms with van der Waals surface area (Å²) in [5.74, 6) is -0.987. The Balaban J connectivity index is 2.76. The van der Waals surface area contributed by atoms with Crippen molar-refractivity contribution in [3.63, 3.8) is 0 Å². The number of sulfonamides is 1. The molecule has 0 spiro atoms. The molecule has 116 valence electrons. The number of hydrogen-bond acceptors (Lipinski definition) is 5. The SMILES string of the molecule is CS(=O)(=O)Nc1ccc(Cl)c(NC(=O)CNC(=O)CN)c1. The van der Waals surface area contributed by atoms with Crippen LogP contribution in [0.2, 0.25) is 5.02 Å². The number of halogens is 1. The van der Waals surface area contributed by atoms with Gasteiger partial charge in [0.2, 0.25) is 21.8 Å². The molecule has 21 heavy (non-hydrogen) atoms. The molecule has 1 rings (SSSR count). The van der Waals surface area contributed by atoms with E-state index in [0.717, 1.165) is 6.26 Å². The van der Waals surface area contributed by atoms with Gasteiger partial charge >= 0.3 is 0 Å². The van der Waals surface area contributed by atoms with Gasteiger partial charge in [0.25, 0.3) is 0 Å². The van der Waals surface area contributed by atoms with Crippen LogP contribution in [0.15, 0.2) is 18.2 Å². The number of benzene rings is 1. The number of nitrogens with two attached hydrogens (primary N) is 1. The second-order valence-electron chi connectivity index (χ2n) is 4.10. The van der Waals surface area contributed by atoms with E-state index in [2.05, 4.69) is 15.4 Å². The van der Waals surface area contributed by atoms with E-state index in [1.807, 2.05) is 0 Å². The Morgan fingerprint density at radius 2 is 1.95 bits per heavy atom. The smallest absolute Gasteiger partial charge is 0.243 e. The molecule has 2 amide bonds. The zero-order valence-electron chi connectivity index (χ0n) is 11.1. The van der Waals surface area contributed by atoms with Crippen LogP contribution in [-0.4, -0.2) is 39.6 Å². The first-order valence-electron chi connectivity index (χ1n) is 5.75. The molecule has 8 nitrogen and oxygen atoms in total. The third-order valence-corrected chi connectivity index (χ3v) is 3.11. The van der Waals surface area contributed by atoms with Crippen LogP contribution >= 0.6 is 11.6 Å². The van der Waals surface area contributed by atoms with Gasteiger partial charge in [0.15, 0.2) is 0 Å². The molecular weight excluding hydrogens is 320 g/mol. The highest BCUT2D eigenvalue weighted by molar-refractivity contribution is 7.92. The molecule has 0 heterocycles. The summed E-state index contributed by atoms with van der Waals surface area (Å²) >= 11 is 5.90. The van der Waals surface area contributed by atoms with Gasteiger partial charge in [-0.1, -0.05) is 11.6 Å². The number of hydrogen-bond donors (Lipinski definition) is 4. The normalized spacial score (nSPS) is 10.8. The van der Waals surface area contributed by atoms with Crippen molar-refractivity contribution in [2.75, 3.05) is 29.4 Å². The Labute approximate surface area is 127 Å². The topological polar surface area (TPSA) is 130 Å². The molecule has 0 bridgehead atoms. The standard InChI is InChI=1S/C11H15ClN4O4S/c1-21(19,20)16-7-2-3-8(12)9(4-7)15-11(18)6-14-10(17)5-13/h2-4,16H,5-6,13H2,1H3,(H,14,17)(H,15,18). The van der Waals surface area contributed by atoms with Gasteiger partial charge in [-0.25, -0.2) is 8.42 Å². The van der Waals surface area contributed by atoms with Crippen molar-refractivity contribution in [3.05, 3.63) is 23.2 Å². The van der Waals surface area contributed by atoms with E-state index >= 15 is 0 Å². The fourth-order valence-corrected chi connectivity index (χ4v) is 2.06. The first-order valence-corrected chi connectivity index (χ1v) is 8.02. The number of amides is 2. The van der Waals surface area contributed by atoms with Crippen LogP contribution in [0.3, 0.4) is 0 Å². The lowest BCUT2D eigenvalue weighted by molar-refractivity contribution is -0.123. The predicted molar refractivity (Wildman–Crippen MR) is 80.6 cm³/mol. The van der Waals surface area contributed by atoms with Crippen molar-refractivity contribution >= 4 is 44.8 Å². The van der Waals surface area contributed by atoms with Gasteiger partial charge < -0.3 is 16.4 Å². The zero-order chi connectivity index (χ0) is 16.0. The van der Waals surface area contributed by atoms with Crippen molar-refractivity contribution in [1.82, 2.24) is 5.32 Å². The van der Waals surface area contributed by atoms with Gasteiger partial charge in [-0.3, -0.25) is 14.3 Å². The van der Waals surface area contributed by atoms with Gasteiger partial charge in [-0.2, -0.15) is 0 Å². The Kier molecular flexibility index (Phi) is 5.94. The average molecular weight is 335 g/mol. The van der Waals surface area contributed by atoms with E-state index in [1.54, 1.807) is 0 Å². The maximum Gasteiger partial charge on any atom is 0.243 e. The Morgan fingerprint density at radius 3 is 2.52 bits per heavy atom. The fourth-order valence-electron chi connectivity index (χ4n) is 1.34. The summed E-state index contributed by atoms with van der Waals surface area (Å²) in [4.78, 5) is 22.5. The molecule has 0 atom stereocenters. The van der Waals surface area contributed by atoms with E-state index < -0.39 is 21.8 Å². The molecule has 5 N–H and O–H groups in total. The van der Waals surface area contributed by atoms with Crippen LogP contribution in [0.4, 0.5) is 11.4 Å². The minimum absolute atomic E-state index is 0.220. The summed E-state index contributed by atoms with van der Waals surface area (Å²) in [6, 6.07) is 4.25. The van der Waals surface area contributed by atoms with Crippen molar-refractivity contribution < 1.29 is 18.0 Å². The fraction of sp³-hybridized carbons (Fsp3) is 0.273. The maximum absolute atomic E-state index is 11.6. The molecule has 0 aliphatic carbocycles. The lowest BCUT2D eigenvalue weighted by Gasteiger charge is -2.10. The van der Waals surface area contributed by atoms with Gasteiger partial charge in [0.05, 0.1) is 35.7 Å². The molecule has 0 aliphatic heterocycles. The molecule has 0 fully saturated rings. The second kappa shape index (κ2) is 7.25. The van der Waals surface area contributed by atoms with Crippen molar-refractivity contribution in [3.8, 4) is 0 Å². The summed E-state index contributed by atoms with van der Waals surface area (Å²) in [7, 11) is -3.44. The summed E-state index contributed by atoms with van der Waals surface area (Å²) < 4.78 is 24.5. The number of carbonyl (C=O) groups is 2. The van der Waals surface area contributed by atoms with Crippen LogP contribution in [-0.2, 0) is 19.6 Å². The molecule has 1 aromatic carbocycles. The highest BCUT2D eigenvalue weighted by Gasteiger charge is 2.09. The van der Waals surface area contributed by atoms with Gasteiger partial charge in [0.1, 0.15) is 0 Å². The van der Waals surface area contributed by atoms with Crippen LogP contribution in [0.1, 0.15) is 0 Å². The van der Waals surface area contributed by atoms with Crippen LogP contribution in [0, 0.1) is 0 Å². The van der Waals surface area contributed by atoms with Gasteiger partial charge in [0, 0.05) is 0 Å². The van der Waals surface area contributed by atoms with E-state index in [1.165, 1.54) is 18.2 Å². The Bertz CT molecular complexity index is 648. The molecule has 0 unspecified atom stereocenters. The van der Waals surface area contributed by atoms with E-state index in [0.29, 0.717) is 0 Å². The van der Waals surface area contributed by atoms with Gasteiger partial charge in [-0.15, -0.1) is 0 Å². The summed E-state index contributed by atoms with van der Waals surface area (Å²) in [6.45, 7) is -0.488. The average Bonchev–Trinajstić information content (AvgIpc) is 2.38. The third kappa shape index (κ3) is 6.43. The molecule has 0 aromatic heterocycles. The highest BCUT2D eigenvalue weighted by atomic mass is 35.5. The predicted octanol–water partition coefficient (Wildman–Crippen LogP) is -0.275. The Hall–Kier alpha value is -1.84. The monoisotopic (exact) mass is 334 g/mol. The lowest BCUT2D eigenvalue weighted by Crippen LogP contribution is -2.36. The van der Waals surface area contributed by atoms with Crippen LogP contribution in [0.5, 0.6) is 0 Å². The second-order valence-corrected chi connectivity index (χ2v) is 6.25. The molecular formula is C11H15ClN4O4S. The van der Waals surface area contributed by atoms with E-state index in [-0.39, 0.29) is 29.5 Å². The summed E-state index contributed by atoms with van der Waals surface area (Å²) in [5, 5.41) is 4.98. The minimum Gasteiger partial charge on any atom is -0.346 e. The first kappa shape index (κ1) is 17.2. The highest BCUT2D eigenvalue weighted by Crippen LogP contribution is 2.25. The Morgan fingerprint density at radius 1 is 1.29 bits per heavy atom. The minimum atomic E-state index is -3.44. The lowest BCUT2D eigenvalue weighted by atomic mass is 10.3. The summed E-state index contributed by atoms with van der Waals surface area (Å²) in [6.07, 6.45) is 1.00. The van der Waals surface area contributed by atoms with Crippen LogP contribution in [0.25, 0.3) is 0 Å². The number of rotatable bonds is 6. The first-order chi connectivity index (χ1) is 9.71. The van der Waals surface area contributed by atoms with E-state index in [9.17, 15) is 18.0 Å². The number of carbonyl (C=O) groups excluding carboxylic acids is 2. The van der Waals surface area contributed by atoms with Crippen molar-refractivity contribution in [1.29, 1.82) is 0 Å². The molecule has 10 heteroatoms. The van der Waals surface area contributed by atoms with Crippen molar-refractivity contribution in [2.24, 2.45) is 5.73 Å².